The first-order valence-electron chi connectivity index (χ1n) is 11.0. The van der Waals surface area contributed by atoms with Gasteiger partial charge in [0.05, 0.1) is 11.3 Å². The highest BCUT2D eigenvalue weighted by atomic mass is 19.1. The van der Waals surface area contributed by atoms with Crippen molar-refractivity contribution in [3.8, 4) is 0 Å². The molecule has 0 radical (unpaired) electrons. The van der Waals surface area contributed by atoms with Gasteiger partial charge in [-0.2, -0.15) is 0 Å². The second kappa shape index (κ2) is 8.09. The maximum absolute atomic E-state index is 14.4. The fraction of sp³-hybridized carbons (Fsp3) is 0.542. The van der Waals surface area contributed by atoms with Gasteiger partial charge in [0, 0.05) is 30.1 Å². The number of hydrogen-bond acceptors (Lipinski definition) is 4. The number of piperidine rings is 1. The Kier molecular flexibility index (Phi) is 5.62. The fourth-order valence-electron chi connectivity index (χ4n) is 4.85. The molecule has 0 spiro atoms. The smallest absolute Gasteiger partial charge is 0.256 e. The first-order chi connectivity index (χ1) is 14.6. The van der Waals surface area contributed by atoms with Crippen LogP contribution in [0, 0.1) is 17.2 Å². The average molecular weight is 428 g/mol. The van der Waals surface area contributed by atoms with E-state index >= 15 is 0 Å². The minimum atomic E-state index is -0.721. The number of likely N-dealkylation sites (tertiary alicyclic amines) is 1. The normalized spacial score (nSPS) is 19.9. The number of halogens is 1. The van der Waals surface area contributed by atoms with Gasteiger partial charge in [-0.15, -0.1) is 0 Å². The van der Waals surface area contributed by atoms with Gasteiger partial charge < -0.3 is 15.2 Å². The largest absolute Gasteiger partial charge is 0.366 e. The Morgan fingerprint density at radius 3 is 2.52 bits per heavy atom. The summed E-state index contributed by atoms with van der Waals surface area (Å²) in [5, 5.41) is 4.34. The average Bonchev–Trinajstić information content (AvgIpc) is 3.16. The van der Waals surface area contributed by atoms with E-state index in [0.29, 0.717) is 19.0 Å². The van der Waals surface area contributed by atoms with E-state index < -0.39 is 11.7 Å². The van der Waals surface area contributed by atoms with Crippen LogP contribution < -0.4 is 5.73 Å². The van der Waals surface area contributed by atoms with Crippen molar-refractivity contribution in [1.82, 2.24) is 10.1 Å². The number of fused-ring (bicyclic) bond motifs is 1. The lowest BCUT2D eigenvalue weighted by Crippen LogP contribution is -2.38. The van der Waals surface area contributed by atoms with E-state index in [-0.39, 0.29) is 28.4 Å². The van der Waals surface area contributed by atoms with Gasteiger partial charge >= 0.3 is 0 Å². The summed E-state index contributed by atoms with van der Waals surface area (Å²) < 4.78 is 20.2. The summed E-state index contributed by atoms with van der Waals surface area (Å²) in [6, 6.07) is 3.75. The summed E-state index contributed by atoms with van der Waals surface area (Å²) >= 11 is 0. The lowest BCUT2D eigenvalue weighted by atomic mass is 9.71. The van der Waals surface area contributed by atoms with E-state index in [0.717, 1.165) is 49.6 Å². The number of primary amides is 1. The molecular weight excluding hydrogens is 397 g/mol. The molecule has 1 aliphatic heterocycles. The molecule has 4 rings (SSSR count). The highest BCUT2D eigenvalue weighted by Gasteiger charge is 2.36. The number of benzene rings is 1. The summed E-state index contributed by atoms with van der Waals surface area (Å²) in [7, 11) is 0. The van der Waals surface area contributed by atoms with Crippen molar-refractivity contribution in [2.45, 2.75) is 58.8 Å². The van der Waals surface area contributed by atoms with Crippen LogP contribution in [0.2, 0.25) is 0 Å². The third-order valence-corrected chi connectivity index (χ3v) is 6.94. The maximum atomic E-state index is 14.4. The van der Waals surface area contributed by atoms with Gasteiger partial charge in [-0.3, -0.25) is 9.59 Å². The molecule has 1 aliphatic carbocycles. The monoisotopic (exact) mass is 427 g/mol. The Morgan fingerprint density at radius 1 is 1.19 bits per heavy atom. The Labute approximate surface area is 182 Å². The van der Waals surface area contributed by atoms with Crippen LogP contribution in [0.25, 0.3) is 0 Å². The Morgan fingerprint density at radius 2 is 1.90 bits per heavy atom. The Balaban J connectivity index is 1.44. The van der Waals surface area contributed by atoms with Crippen LogP contribution >= 0.6 is 0 Å². The van der Waals surface area contributed by atoms with Gasteiger partial charge in [-0.1, -0.05) is 25.9 Å². The number of amides is 2. The van der Waals surface area contributed by atoms with Gasteiger partial charge in [-0.05, 0) is 61.6 Å². The molecule has 2 aliphatic rings. The van der Waals surface area contributed by atoms with Crippen LogP contribution in [-0.2, 0) is 12.8 Å². The summed E-state index contributed by atoms with van der Waals surface area (Å²) in [6.45, 7) is 7.91. The molecule has 2 aromatic rings. The highest BCUT2D eigenvalue weighted by molar-refractivity contribution is 5.97. The first kappa shape index (κ1) is 21.5. The van der Waals surface area contributed by atoms with Crippen molar-refractivity contribution < 1.29 is 18.5 Å². The van der Waals surface area contributed by atoms with E-state index in [1.54, 1.807) is 4.90 Å². The molecule has 31 heavy (non-hydrogen) atoms. The van der Waals surface area contributed by atoms with Gasteiger partial charge in [-0.25, -0.2) is 4.39 Å². The molecule has 0 unspecified atom stereocenters. The third kappa shape index (κ3) is 4.23. The summed E-state index contributed by atoms with van der Waals surface area (Å²) in [5.41, 5.74) is 7.80. The van der Waals surface area contributed by atoms with Gasteiger partial charge in [0.15, 0.2) is 0 Å². The van der Waals surface area contributed by atoms with Crippen LogP contribution in [0.15, 0.2) is 22.7 Å². The number of carbonyl (C=O) groups excluding carboxylic acids is 2. The third-order valence-electron chi connectivity index (χ3n) is 6.94. The molecule has 0 bridgehead atoms. The van der Waals surface area contributed by atoms with Crippen molar-refractivity contribution >= 4 is 11.8 Å². The number of nitrogens with two attached hydrogens (primary N) is 1. The molecule has 6 nitrogen and oxygen atoms in total. The van der Waals surface area contributed by atoms with Gasteiger partial charge in [0.25, 0.3) is 5.91 Å². The van der Waals surface area contributed by atoms with Crippen molar-refractivity contribution in [3.63, 3.8) is 0 Å². The second-order valence-electron chi connectivity index (χ2n) is 9.90. The predicted octanol–water partition coefficient (Wildman–Crippen LogP) is 4.08. The highest BCUT2D eigenvalue weighted by Crippen LogP contribution is 2.41. The van der Waals surface area contributed by atoms with Crippen LogP contribution in [0.5, 0.6) is 0 Å². The van der Waals surface area contributed by atoms with E-state index in [1.807, 2.05) is 0 Å². The number of aromatic nitrogens is 1. The first-order valence-corrected chi connectivity index (χ1v) is 11.0. The van der Waals surface area contributed by atoms with Crippen LogP contribution in [0.1, 0.15) is 83.7 Å². The van der Waals surface area contributed by atoms with Crippen molar-refractivity contribution in [2.24, 2.45) is 17.1 Å². The quantitative estimate of drug-likeness (QED) is 0.799. The zero-order valence-corrected chi connectivity index (χ0v) is 18.4. The summed E-state index contributed by atoms with van der Waals surface area (Å²) in [4.78, 5) is 25.7. The number of rotatable bonds is 3. The number of nitrogens with zero attached hydrogens (tertiary/aromatic N) is 2. The Bertz CT molecular complexity index is 1000. The molecule has 2 amide bonds. The Hall–Kier alpha value is -2.70. The number of carbonyl (C=O) groups is 2. The van der Waals surface area contributed by atoms with E-state index in [2.05, 4.69) is 25.9 Å². The molecule has 166 valence electrons. The predicted molar refractivity (Wildman–Crippen MR) is 114 cm³/mol. The van der Waals surface area contributed by atoms with Crippen molar-refractivity contribution in [2.75, 3.05) is 13.1 Å². The zero-order valence-electron chi connectivity index (χ0n) is 18.4. The molecule has 2 N–H and O–H groups in total. The lowest BCUT2D eigenvalue weighted by Gasteiger charge is -2.35. The molecule has 1 fully saturated rings. The van der Waals surface area contributed by atoms with E-state index in [4.69, 9.17) is 10.3 Å². The molecule has 0 saturated carbocycles. The minimum absolute atomic E-state index is 0.0338. The number of hydrogen-bond donors (Lipinski definition) is 1. The molecule has 1 saturated heterocycles. The fourth-order valence-corrected chi connectivity index (χ4v) is 4.85. The van der Waals surface area contributed by atoms with Gasteiger partial charge in [0.1, 0.15) is 11.6 Å². The molecule has 1 aromatic carbocycles. The van der Waals surface area contributed by atoms with E-state index in [9.17, 15) is 14.0 Å². The van der Waals surface area contributed by atoms with Gasteiger partial charge in [0.2, 0.25) is 5.91 Å². The summed E-state index contributed by atoms with van der Waals surface area (Å²) in [5.74, 6) is 0.00317. The summed E-state index contributed by atoms with van der Waals surface area (Å²) in [6.07, 6.45) is 4.60. The maximum Gasteiger partial charge on any atom is 0.256 e. The topological polar surface area (TPSA) is 89.4 Å². The lowest BCUT2D eigenvalue weighted by molar-refractivity contribution is 0.0700. The van der Waals surface area contributed by atoms with E-state index in [1.165, 1.54) is 17.7 Å². The van der Waals surface area contributed by atoms with Crippen molar-refractivity contribution in [3.05, 3.63) is 52.2 Å². The van der Waals surface area contributed by atoms with Crippen molar-refractivity contribution in [1.29, 1.82) is 0 Å². The molecule has 1 aromatic heterocycles. The molecule has 2 heterocycles. The molecule has 1 atom stereocenters. The van der Waals surface area contributed by atoms with Crippen LogP contribution in [0.4, 0.5) is 4.39 Å². The second-order valence-corrected chi connectivity index (χ2v) is 9.90. The van der Waals surface area contributed by atoms with Crippen LogP contribution in [0.3, 0.4) is 0 Å². The number of aryl methyl sites for hydroxylation is 1. The standard InChI is InChI=1S/C24H30FN3O3/c1-24(2,3)16-5-7-20-18(13-16)21(31-27-20)14-8-10-28(11-9-14)23(30)17-6-4-15(22(26)29)12-19(17)25/h4,6,12,14,16H,5,7-11,13H2,1-3H3,(H2,26,29)/t16-/m1/s1. The minimum Gasteiger partial charge on any atom is -0.366 e. The van der Waals surface area contributed by atoms with Crippen LogP contribution in [-0.4, -0.2) is 35.0 Å². The SMILES string of the molecule is CC(C)(C)[C@@H]1CCc2noc(C3CCN(C(=O)c4ccc(C(N)=O)cc4F)CC3)c2C1. The molecule has 7 heteroatoms. The zero-order chi connectivity index (χ0) is 22.3. The molecular formula is C24H30FN3O3.